The number of nitrogens with zero attached hydrogens (tertiary/aromatic N) is 2. The molecule has 1 aromatic heterocycles. The highest BCUT2D eigenvalue weighted by Crippen LogP contribution is 2.27. The van der Waals surface area contributed by atoms with Crippen molar-refractivity contribution in [2.45, 2.75) is 38.6 Å². The second-order valence-electron chi connectivity index (χ2n) is 5.33. The third-order valence-electron chi connectivity index (χ3n) is 3.86. The number of halogens is 2. The van der Waals surface area contributed by atoms with Crippen LogP contribution in [0.4, 0.5) is 0 Å². The van der Waals surface area contributed by atoms with Gasteiger partial charge in [-0.15, -0.1) is 0 Å². The van der Waals surface area contributed by atoms with E-state index in [9.17, 15) is 4.79 Å². The summed E-state index contributed by atoms with van der Waals surface area (Å²) in [5.41, 5.74) is 0.506. The summed E-state index contributed by atoms with van der Waals surface area (Å²) >= 11 is 11.7. The second kappa shape index (κ2) is 6.10. The zero-order chi connectivity index (χ0) is 14.0. The fraction of sp³-hybridized carbons (Fsp3) is 0.571. The fourth-order valence-corrected chi connectivity index (χ4v) is 3.05. The van der Waals surface area contributed by atoms with Crippen molar-refractivity contribution in [1.29, 1.82) is 0 Å². The molecule has 0 atom stereocenters. The summed E-state index contributed by atoms with van der Waals surface area (Å²) in [6.07, 6.45) is 4.49. The zero-order valence-corrected chi connectivity index (χ0v) is 12.7. The number of hydrogen-bond donors (Lipinski definition) is 0. The molecule has 19 heavy (non-hydrogen) atoms. The van der Waals surface area contributed by atoms with E-state index in [4.69, 9.17) is 23.2 Å². The molecule has 1 saturated carbocycles. The third kappa shape index (κ3) is 3.61. The predicted molar refractivity (Wildman–Crippen MR) is 77.8 cm³/mol. The number of hydrogen-bond acceptors (Lipinski definition) is 2. The molecule has 0 aliphatic heterocycles. The van der Waals surface area contributed by atoms with Crippen LogP contribution in [-0.2, 0) is 0 Å². The van der Waals surface area contributed by atoms with Crippen LogP contribution in [-0.4, -0.2) is 28.9 Å². The van der Waals surface area contributed by atoms with Crippen molar-refractivity contribution in [3.63, 3.8) is 0 Å². The van der Waals surface area contributed by atoms with E-state index < -0.39 is 0 Å². The van der Waals surface area contributed by atoms with Gasteiger partial charge in [-0.25, -0.2) is 4.98 Å². The van der Waals surface area contributed by atoms with E-state index in [0.29, 0.717) is 11.6 Å². The van der Waals surface area contributed by atoms with Crippen molar-refractivity contribution in [1.82, 2.24) is 9.88 Å². The molecule has 0 N–H and O–H groups in total. The normalized spacial score (nSPS) is 23.2. The third-order valence-corrected chi connectivity index (χ3v) is 4.25. The first-order chi connectivity index (χ1) is 8.97. The van der Waals surface area contributed by atoms with Crippen molar-refractivity contribution in [2.24, 2.45) is 5.92 Å². The van der Waals surface area contributed by atoms with Gasteiger partial charge in [0, 0.05) is 18.7 Å². The highest BCUT2D eigenvalue weighted by molar-refractivity contribution is 6.33. The summed E-state index contributed by atoms with van der Waals surface area (Å²) in [4.78, 5) is 18.1. The Hall–Kier alpha value is -0.800. The summed E-state index contributed by atoms with van der Waals surface area (Å²) in [6, 6.07) is 3.45. The van der Waals surface area contributed by atoms with E-state index in [-0.39, 0.29) is 16.2 Å². The molecule has 2 rings (SSSR count). The molecule has 1 heterocycles. The van der Waals surface area contributed by atoms with Crippen LogP contribution in [0, 0.1) is 5.92 Å². The number of pyridine rings is 1. The lowest BCUT2D eigenvalue weighted by molar-refractivity contribution is 0.0679. The molecule has 1 aliphatic rings. The molecule has 1 amide bonds. The highest BCUT2D eigenvalue weighted by atomic mass is 35.5. The predicted octanol–water partition coefficient (Wildman–Crippen LogP) is 4.04. The SMILES string of the molecule is CC1CCC(N(C)C(=O)c2cc(Cl)nc(Cl)c2)CC1. The van der Waals surface area contributed by atoms with Gasteiger partial charge in [0.2, 0.25) is 0 Å². The molecule has 0 radical (unpaired) electrons. The molecular weight excluding hydrogens is 283 g/mol. The standard InChI is InChI=1S/C14H18Cl2N2O/c1-9-3-5-11(6-4-9)18(2)14(19)10-7-12(15)17-13(16)8-10/h7-9,11H,3-6H2,1-2H3. The van der Waals surface area contributed by atoms with Gasteiger partial charge in [0.1, 0.15) is 10.3 Å². The van der Waals surface area contributed by atoms with Gasteiger partial charge >= 0.3 is 0 Å². The molecule has 0 unspecified atom stereocenters. The lowest BCUT2D eigenvalue weighted by Gasteiger charge is -2.33. The Morgan fingerprint density at radius 3 is 2.26 bits per heavy atom. The minimum atomic E-state index is -0.0363. The number of carbonyl (C=O) groups is 1. The van der Waals surface area contributed by atoms with E-state index >= 15 is 0 Å². The number of carbonyl (C=O) groups excluding carboxylic acids is 1. The Kier molecular flexibility index (Phi) is 4.69. The monoisotopic (exact) mass is 300 g/mol. The van der Waals surface area contributed by atoms with Crippen LogP contribution in [0.15, 0.2) is 12.1 Å². The van der Waals surface area contributed by atoms with E-state index in [1.54, 1.807) is 12.1 Å². The van der Waals surface area contributed by atoms with Crippen molar-refractivity contribution in [3.8, 4) is 0 Å². The Labute approximate surface area is 123 Å². The molecule has 1 fully saturated rings. The zero-order valence-electron chi connectivity index (χ0n) is 11.2. The molecule has 1 aliphatic carbocycles. The Balaban J connectivity index is 2.10. The van der Waals surface area contributed by atoms with Gasteiger partial charge in [0.25, 0.3) is 5.91 Å². The van der Waals surface area contributed by atoms with E-state index in [1.807, 2.05) is 11.9 Å². The van der Waals surface area contributed by atoms with Crippen LogP contribution in [0.5, 0.6) is 0 Å². The van der Waals surface area contributed by atoms with E-state index in [0.717, 1.165) is 18.8 Å². The second-order valence-corrected chi connectivity index (χ2v) is 6.11. The van der Waals surface area contributed by atoms with Gasteiger partial charge < -0.3 is 4.90 Å². The minimum Gasteiger partial charge on any atom is -0.339 e. The maximum absolute atomic E-state index is 12.4. The lowest BCUT2D eigenvalue weighted by atomic mass is 9.86. The van der Waals surface area contributed by atoms with Gasteiger partial charge in [-0.3, -0.25) is 4.79 Å². The number of amides is 1. The van der Waals surface area contributed by atoms with Crippen molar-refractivity contribution in [3.05, 3.63) is 28.0 Å². The summed E-state index contributed by atoms with van der Waals surface area (Å²) in [5, 5.41) is 0.503. The highest BCUT2D eigenvalue weighted by Gasteiger charge is 2.25. The first kappa shape index (κ1) is 14.6. The molecule has 5 heteroatoms. The summed E-state index contributed by atoms with van der Waals surface area (Å²) in [6.45, 7) is 2.26. The molecule has 3 nitrogen and oxygen atoms in total. The number of aromatic nitrogens is 1. The maximum Gasteiger partial charge on any atom is 0.254 e. The molecule has 1 aromatic rings. The van der Waals surface area contributed by atoms with E-state index in [1.165, 1.54) is 12.8 Å². The molecule has 0 saturated heterocycles. The molecule has 0 spiro atoms. The summed E-state index contributed by atoms with van der Waals surface area (Å²) in [7, 11) is 1.85. The van der Waals surface area contributed by atoms with E-state index in [2.05, 4.69) is 11.9 Å². The Morgan fingerprint density at radius 2 is 1.74 bits per heavy atom. The van der Waals surface area contributed by atoms with Gasteiger partial charge in [-0.05, 0) is 43.7 Å². The minimum absolute atomic E-state index is 0.0363. The van der Waals surface area contributed by atoms with Crippen LogP contribution in [0.3, 0.4) is 0 Å². The molecule has 0 aromatic carbocycles. The average Bonchev–Trinajstić information content (AvgIpc) is 2.37. The number of rotatable bonds is 2. The fourth-order valence-electron chi connectivity index (χ4n) is 2.59. The van der Waals surface area contributed by atoms with Gasteiger partial charge in [-0.2, -0.15) is 0 Å². The van der Waals surface area contributed by atoms with Crippen LogP contribution in [0.25, 0.3) is 0 Å². The lowest BCUT2D eigenvalue weighted by Crippen LogP contribution is -2.39. The first-order valence-electron chi connectivity index (χ1n) is 6.57. The van der Waals surface area contributed by atoms with Crippen molar-refractivity contribution in [2.75, 3.05) is 7.05 Å². The molecular formula is C14H18Cl2N2O. The summed E-state index contributed by atoms with van der Waals surface area (Å²) in [5.74, 6) is 0.732. The average molecular weight is 301 g/mol. The smallest absolute Gasteiger partial charge is 0.254 e. The van der Waals surface area contributed by atoms with Crippen LogP contribution in [0.2, 0.25) is 10.3 Å². The quantitative estimate of drug-likeness (QED) is 0.772. The molecule has 104 valence electrons. The Bertz CT molecular complexity index is 450. The Morgan fingerprint density at radius 1 is 1.21 bits per heavy atom. The van der Waals surface area contributed by atoms with Gasteiger partial charge in [0.15, 0.2) is 0 Å². The first-order valence-corrected chi connectivity index (χ1v) is 7.33. The molecule has 0 bridgehead atoms. The van der Waals surface area contributed by atoms with Crippen LogP contribution >= 0.6 is 23.2 Å². The maximum atomic E-state index is 12.4. The topological polar surface area (TPSA) is 33.2 Å². The van der Waals surface area contributed by atoms with Gasteiger partial charge in [-0.1, -0.05) is 30.1 Å². The summed E-state index contributed by atoms with van der Waals surface area (Å²) < 4.78 is 0. The van der Waals surface area contributed by atoms with Crippen LogP contribution < -0.4 is 0 Å². The largest absolute Gasteiger partial charge is 0.339 e. The van der Waals surface area contributed by atoms with Gasteiger partial charge in [0.05, 0.1) is 0 Å². The van der Waals surface area contributed by atoms with Crippen molar-refractivity contribution < 1.29 is 4.79 Å². The van der Waals surface area contributed by atoms with Crippen molar-refractivity contribution >= 4 is 29.1 Å². The van der Waals surface area contributed by atoms with Crippen LogP contribution in [0.1, 0.15) is 43.0 Å².